The fourth-order valence-corrected chi connectivity index (χ4v) is 1.77. The maximum atomic E-state index is 11.0. The highest BCUT2D eigenvalue weighted by Crippen LogP contribution is 2.35. The minimum atomic E-state index is -0.499. The molecule has 2 rings (SSSR count). The normalized spacial score (nSPS) is 47.6. The number of carbonyl (C=O) groups is 1. The first kappa shape index (κ1) is 6.85. The predicted molar refractivity (Wildman–Crippen MR) is 37.7 cm³/mol. The number of esters is 1. The van der Waals surface area contributed by atoms with Gasteiger partial charge in [0.05, 0.1) is 12.0 Å². The van der Waals surface area contributed by atoms with Gasteiger partial charge >= 0.3 is 5.97 Å². The van der Waals surface area contributed by atoms with Crippen LogP contribution in [0.1, 0.15) is 6.92 Å². The molecule has 0 spiro atoms. The van der Waals surface area contributed by atoms with Gasteiger partial charge in [-0.3, -0.25) is 4.79 Å². The van der Waals surface area contributed by atoms with Crippen LogP contribution >= 0.6 is 0 Å². The van der Waals surface area contributed by atoms with Gasteiger partial charge in [-0.2, -0.15) is 0 Å². The van der Waals surface area contributed by atoms with Gasteiger partial charge in [0.15, 0.2) is 0 Å². The van der Waals surface area contributed by atoms with Crippen LogP contribution in [0.5, 0.6) is 0 Å². The Morgan fingerprint density at radius 3 is 2.91 bits per heavy atom. The molecule has 0 amide bonds. The molecule has 1 heterocycles. The third-order valence-corrected chi connectivity index (χ3v) is 2.47. The average molecular weight is 154 g/mol. The topological polar surface area (TPSA) is 46.5 Å². The lowest BCUT2D eigenvalue weighted by Crippen LogP contribution is -2.24. The molecule has 2 aliphatic rings. The second-order valence-corrected chi connectivity index (χ2v) is 3.14. The summed E-state index contributed by atoms with van der Waals surface area (Å²) in [7, 11) is 0. The van der Waals surface area contributed by atoms with E-state index in [0.717, 1.165) is 0 Å². The molecule has 1 aliphatic heterocycles. The van der Waals surface area contributed by atoms with E-state index in [1.54, 1.807) is 19.1 Å². The fourth-order valence-electron chi connectivity index (χ4n) is 1.77. The zero-order chi connectivity index (χ0) is 8.01. The van der Waals surface area contributed by atoms with Crippen LogP contribution in [0.4, 0.5) is 0 Å². The number of aliphatic hydroxyl groups is 1. The number of fused-ring (bicyclic) bond motifs is 1. The largest absolute Gasteiger partial charge is 0.457 e. The Labute approximate surface area is 64.7 Å². The molecule has 1 saturated heterocycles. The Hall–Kier alpha value is -0.830. The van der Waals surface area contributed by atoms with Gasteiger partial charge in [-0.15, -0.1) is 0 Å². The van der Waals surface area contributed by atoms with Crippen LogP contribution < -0.4 is 0 Å². The molecular formula is C8H10O3. The highest BCUT2D eigenvalue weighted by molar-refractivity contribution is 5.75. The van der Waals surface area contributed by atoms with E-state index in [0.29, 0.717) is 0 Å². The first-order chi connectivity index (χ1) is 5.20. The standard InChI is InChI=1S/C8H10O3/c1-4-7-5(9)2-3-6(7)11-8(4)10/h2-7,9H,1H3/t4-,5+,6-,7+/m1/s1. The Morgan fingerprint density at radius 1 is 1.55 bits per heavy atom. The maximum Gasteiger partial charge on any atom is 0.309 e. The van der Waals surface area contributed by atoms with Crippen molar-refractivity contribution in [2.75, 3.05) is 0 Å². The third-order valence-electron chi connectivity index (χ3n) is 2.47. The molecule has 3 heteroatoms. The summed E-state index contributed by atoms with van der Waals surface area (Å²) in [4.78, 5) is 11.0. The number of aliphatic hydroxyl groups excluding tert-OH is 1. The van der Waals surface area contributed by atoms with Crippen LogP contribution in [0.25, 0.3) is 0 Å². The third kappa shape index (κ3) is 0.807. The summed E-state index contributed by atoms with van der Waals surface area (Å²) in [6, 6.07) is 0. The van der Waals surface area contributed by atoms with E-state index < -0.39 is 6.10 Å². The van der Waals surface area contributed by atoms with Crippen molar-refractivity contribution in [3.63, 3.8) is 0 Å². The number of hydrogen-bond acceptors (Lipinski definition) is 3. The van der Waals surface area contributed by atoms with Crippen LogP contribution in [0.3, 0.4) is 0 Å². The summed E-state index contributed by atoms with van der Waals surface area (Å²) >= 11 is 0. The number of hydrogen-bond donors (Lipinski definition) is 1. The van der Waals surface area contributed by atoms with Gasteiger partial charge in [0.1, 0.15) is 6.10 Å². The number of carbonyl (C=O) groups excluding carboxylic acids is 1. The van der Waals surface area contributed by atoms with Crippen LogP contribution in [0, 0.1) is 11.8 Å². The molecule has 1 fully saturated rings. The zero-order valence-corrected chi connectivity index (χ0v) is 6.23. The molecule has 0 aromatic rings. The number of ether oxygens (including phenoxy) is 1. The van der Waals surface area contributed by atoms with E-state index in [9.17, 15) is 9.90 Å². The van der Waals surface area contributed by atoms with Crippen molar-refractivity contribution in [1.82, 2.24) is 0 Å². The van der Waals surface area contributed by atoms with E-state index in [-0.39, 0.29) is 23.9 Å². The van der Waals surface area contributed by atoms with Crippen LogP contribution in [-0.2, 0) is 9.53 Å². The van der Waals surface area contributed by atoms with Crippen molar-refractivity contribution in [1.29, 1.82) is 0 Å². The highest BCUT2D eigenvalue weighted by atomic mass is 16.6. The van der Waals surface area contributed by atoms with Crippen molar-refractivity contribution in [2.24, 2.45) is 11.8 Å². The molecule has 0 bridgehead atoms. The molecule has 11 heavy (non-hydrogen) atoms. The molecule has 0 radical (unpaired) electrons. The van der Waals surface area contributed by atoms with Gasteiger partial charge in [-0.1, -0.05) is 13.0 Å². The van der Waals surface area contributed by atoms with Gasteiger partial charge < -0.3 is 9.84 Å². The summed E-state index contributed by atoms with van der Waals surface area (Å²) in [5.74, 6) is -0.393. The zero-order valence-electron chi connectivity index (χ0n) is 6.23. The van der Waals surface area contributed by atoms with Crippen molar-refractivity contribution in [3.05, 3.63) is 12.2 Å². The first-order valence-corrected chi connectivity index (χ1v) is 3.77. The van der Waals surface area contributed by atoms with Crippen LogP contribution in [-0.4, -0.2) is 23.3 Å². The van der Waals surface area contributed by atoms with E-state index in [2.05, 4.69) is 0 Å². The summed E-state index contributed by atoms with van der Waals surface area (Å²) in [5, 5.41) is 9.37. The van der Waals surface area contributed by atoms with Gasteiger partial charge in [-0.25, -0.2) is 0 Å². The van der Waals surface area contributed by atoms with Crippen LogP contribution in [0.2, 0.25) is 0 Å². The molecular weight excluding hydrogens is 144 g/mol. The SMILES string of the molecule is C[C@H]1C(=O)O[C@@H]2C=C[C@H](O)[C@@H]21. The molecule has 0 aromatic carbocycles. The Bertz CT molecular complexity index is 221. The predicted octanol–water partition coefficient (Wildman–Crippen LogP) is 0.0948. The Morgan fingerprint density at radius 2 is 2.27 bits per heavy atom. The summed E-state index contributed by atoms with van der Waals surface area (Å²) in [5.41, 5.74) is 0. The van der Waals surface area contributed by atoms with Crippen molar-refractivity contribution in [2.45, 2.75) is 19.1 Å². The summed E-state index contributed by atoms with van der Waals surface area (Å²) < 4.78 is 4.98. The molecule has 0 unspecified atom stereocenters. The lowest BCUT2D eigenvalue weighted by Gasteiger charge is -2.13. The second-order valence-electron chi connectivity index (χ2n) is 3.14. The summed E-state index contributed by atoms with van der Waals surface area (Å²) in [6.07, 6.45) is 2.78. The van der Waals surface area contributed by atoms with Crippen molar-refractivity contribution < 1.29 is 14.6 Å². The molecule has 1 N–H and O–H groups in total. The van der Waals surface area contributed by atoms with Gasteiger partial charge in [-0.05, 0) is 6.08 Å². The lowest BCUT2D eigenvalue weighted by atomic mass is 9.91. The van der Waals surface area contributed by atoms with Crippen molar-refractivity contribution >= 4 is 5.97 Å². The number of rotatable bonds is 0. The summed E-state index contributed by atoms with van der Waals surface area (Å²) in [6.45, 7) is 1.79. The van der Waals surface area contributed by atoms with E-state index in [4.69, 9.17) is 4.74 Å². The Balaban J connectivity index is 2.25. The van der Waals surface area contributed by atoms with Gasteiger partial charge in [0.25, 0.3) is 0 Å². The maximum absolute atomic E-state index is 11.0. The first-order valence-electron chi connectivity index (χ1n) is 3.77. The molecule has 0 aromatic heterocycles. The Kier molecular flexibility index (Phi) is 1.29. The molecule has 3 nitrogen and oxygen atoms in total. The average Bonchev–Trinajstić information content (AvgIpc) is 2.41. The molecule has 1 aliphatic carbocycles. The lowest BCUT2D eigenvalue weighted by molar-refractivity contribution is -0.142. The molecule has 0 saturated carbocycles. The monoisotopic (exact) mass is 154 g/mol. The van der Waals surface area contributed by atoms with Crippen molar-refractivity contribution in [3.8, 4) is 0 Å². The van der Waals surface area contributed by atoms with E-state index in [1.807, 2.05) is 0 Å². The quantitative estimate of drug-likeness (QED) is 0.397. The fraction of sp³-hybridized carbons (Fsp3) is 0.625. The second kappa shape index (κ2) is 2.08. The van der Waals surface area contributed by atoms with E-state index in [1.165, 1.54) is 0 Å². The minimum Gasteiger partial charge on any atom is -0.457 e. The van der Waals surface area contributed by atoms with Crippen LogP contribution in [0.15, 0.2) is 12.2 Å². The molecule has 60 valence electrons. The van der Waals surface area contributed by atoms with Gasteiger partial charge in [0.2, 0.25) is 0 Å². The highest BCUT2D eigenvalue weighted by Gasteiger charge is 2.46. The minimum absolute atomic E-state index is 0.0394. The smallest absolute Gasteiger partial charge is 0.309 e. The van der Waals surface area contributed by atoms with Gasteiger partial charge in [0, 0.05) is 5.92 Å². The molecule has 4 atom stereocenters. The van der Waals surface area contributed by atoms with E-state index >= 15 is 0 Å².